The molecule has 2 aromatic carbocycles. The molecular formula is C20H25NO3. The number of amides is 1. The molecule has 4 nitrogen and oxygen atoms in total. The highest BCUT2D eigenvalue weighted by Gasteiger charge is 2.11. The summed E-state index contributed by atoms with van der Waals surface area (Å²) in [4.78, 5) is 12.5. The molecule has 0 heterocycles. The molecule has 0 aromatic heterocycles. The zero-order chi connectivity index (χ0) is 17.5. The summed E-state index contributed by atoms with van der Waals surface area (Å²) in [6.07, 6.45) is 0. The van der Waals surface area contributed by atoms with E-state index >= 15 is 0 Å². The molecule has 0 aliphatic heterocycles. The van der Waals surface area contributed by atoms with Crippen molar-refractivity contribution in [3.63, 3.8) is 0 Å². The quantitative estimate of drug-likeness (QED) is 0.808. The molecule has 4 heteroatoms. The van der Waals surface area contributed by atoms with Crippen molar-refractivity contribution >= 4 is 11.6 Å². The van der Waals surface area contributed by atoms with E-state index in [1.54, 1.807) is 13.2 Å². The van der Waals surface area contributed by atoms with Crippen molar-refractivity contribution in [2.45, 2.75) is 33.3 Å². The van der Waals surface area contributed by atoms with Crippen LogP contribution >= 0.6 is 0 Å². The molecule has 24 heavy (non-hydrogen) atoms. The zero-order valence-corrected chi connectivity index (χ0v) is 14.8. The van der Waals surface area contributed by atoms with Gasteiger partial charge in [-0.2, -0.15) is 0 Å². The Morgan fingerprint density at radius 3 is 2.42 bits per heavy atom. The van der Waals surface area contributed by atoms with Gasteiger partial charge in [0.2, 0.25) is 0 Å². The highest BCUT2D eigenvalue weighted by Crippen LogP contribution is 2.22. The normalized spacial score (nSPS) is 10.7. The summed E-state index contributed by atoms with van der Waals surface area (Å²) in [6.45, 7) is 7.19. The van der Waals surface area contributed by atoms with Crippen LogP contribution in [0.3, 0.4) is 0 Å². The zero-order valence-electron chi connectivity index (χ0n) is 14.8. The molecule has 1 amide bonds. The van der Waals surface area contributed by atoms with Gasteiger partial charge in [0.1, 0.15) is 5.75 Å². The van der Waals surface area contributed by atoms with Gasteiger partial charge in [-0.1, -0.05) is 26.0 Å². The van der Waals surface area contributed by atoms with Gasteiger partial charge in [-0.05, 0) is 48.7 Å². The van der Waals surface area contributed by atoms with E-state index in [1.807, 2.05) is 43.3 Å². The van der Waals surface area contributed by atoms with Gasteiger partial charge in [-0.3, -0.25) is 4.79 Å². The van der Waals surface area contributed by atoms with E-state index in [-0.39, 0.29) is 5.91 Å². The average Bonchev–Trinajstić information content (AvgIpc) is 2.57. The standard InChI is InChI=1S/C20H25NO3/c1-5-24-19-11-8-16(12-17(19)13-23-4)20(22)21-18-9-6-15(7-10-18)14(2)3/h6-12,14H,5,13H2,1-4H3,(H,21,22). The number of hydrogen-bond acceptors (Lipinski definition) is 3. The van der Waals surface area contributed by atoms with Crippen LogP contribution in [0.5, 0.6) is 5.75 Å². The summed E-state index contributed by atoms with van der Waals surface area (Å²) in [5, 5.41) is 2.92. The minimum absolute atomic E-state index is 0.146. The number of carbonyl (C=O) groups excluding carboxylic acids is 1. The second kappa shape index (κ2) is 8.50. The van der Waals surface area contributed by atoms with Gasteiger partial charge >= 0.3 is 0 Å². The van der Waals surface area contributed by atoms with Gasteiger partial charge in [0, 0.05) is 23.9 Å². The molecule has 0 radical (unpaired) electrons. The van der Waals surface area contributed by atoms with E-state index in [2.05, 4.69) is 19.2 Å². The molecule has 0 saturated carbocycles. The highest BCUT2D eigenvalue weighted by molar-refractivity contribution is 6.04. The van der Waals surface area contributed by atoms with E-state index in [1.165, 1.54) is 5.56 Å². The first-order valence-corrected chi connectivity index (χ1v) is 8.21. The number of methoxy groups -OCH3 is 1. The molecule has 2 rings (SSSR count). The first-order chi connectivity index (χ1) is 11.5. The molecule has 0 aliphatic rings. The Bertz CT molecular complexity index is 678. The lowest BCUT2D eigenvalue weighted by Gasteiger charge is -2.12. The summed E-state index contributed by atoms with van der Waals surface area (Å²) < 4.78 is 10.8. The Hall–Kier alpha value is -2.33. The van der Waals surface area contributed by atoms with Crippen molar-refractivity contribution in [1.82, 2.24) is 0 Å². The summed E-state index contributed by atoms with van der Waals surface area (Å²) in [5.74, 6) is 1.07. The summed E-state index contributed by atoms with van der Waals surface area (Å²) in [6, 6.07) is 13.3. The fourth-order valence-electron chi connectivity index (χ4n) is 2.44. The van der Waals surface area contributed by atoms with E-state index in [0.717, 1.165) is 17.0 Å². The minimum atomic E-state index is -0.146. The lowest BCUT2D eigenvalue weighted by Crippen LogP contribution is -2.12. The van der Waals surface area contributed by atoms with Crippen LogP contribution in [-0.4, -0.2) is 19.6 Å². The van der Waals surface area contributed by atoms with Crippen molar-refractivity contribution in [1.29, 1.82) is 0 Å². The Labute approximate surface area is 143 Å². The van der Waals surface area contributed by atoms with E-state index in [9.17, 15) is 4.79 Å². The first kappa shape index (κ1) is 18.0. The van der Waals surface area contributed by atoms with Crippen LogP contribution in [0.2, 0.25) is 0 Å². The van der Waals surface area contributed by atoms with Crippen molar-refractivity contribution in [3.05, 3.63) is 59.2 Å². The lowest BCUT2D eigenvalue weighted by atomic mass is 10.0. The van der Waals surface area contributed by atoms with E-state index < -0.39 is 0 Å². The maximum atomic E-state index is 12.5. The van der Waals surface area contributed by atoms with Crippen LogP contribution in [-0.2, 0) is 11.3 Å². The highest BCUT2D eigenvalue weighted by atomic mass is 16.5. The van der Waals surface area contributed by atoms with Gasteiger partial charge in [0.15, 0.2) is 0 Å². The maximum absolute atomic E-state index is 12.5. The maximum Gasteiger partial charge on any atom is 0.255 e. The predicted octanol–water partition coefficient (Wildman–Crippen LogP) is 4.61. The summed E-state index contributed by atoms with van der Waals surface area (Å²) in [7, 11) is 1.62. The van der Waals surface area contributed by atoms with E-state index in [4.69, 9.17) is 9.47 Å². The van der Waals surface area contributed by atoms with Gasteiger partial charge in [0.25, 0.3) is 5.91 Å². The van der Waals surface area contributed by atoms with Crippen molar-refractivity contribution in [3.8, 4) is 5.75 Å². The molecule has 2 aromatic rings. The molecular weight excluding hydrogens is 302 g/mol. The number of ether oxygens (including phenoxy) is 2. The topological polar surface area (TPSA) is 47.6 Å². The Kier molecular flexibility index (Phi) is 6.38. The molecule has 0 saturated heterocycles. The van der Waals surface area contributed by atoms with Gasteiger partial charge in [-0.15, -0.1) is 0 Å². The van der Waals surface area contributed by atoms with Gasteiger partial charge < -0.3 is 14.8 Å². The molecule has 128 valence electrons. The number of benzene rings is 2. The largest absolute Gasteiger partial charge is 0.494 e. The fourth-order valence-corrected chi connectivity index (χ4v) is 2.44. The number of anilines is 1. The lowest BCUT2D eigenvalue weighted by molar-refractivity contribution is 0.102. The third-order valence-corrected chi connectivity index (χ3v) is 3.76. The average molecular weight is 327 g/mol. The monoisotopic (exact) mass is 327 g/mol. The Balaban J connectivity index is 2.15. The Morgan fingerprint density at radius 1 is 1.12 bits per heavy atom. The first-order valence-electron chi connectivity index (χ1n) is 8.21. The Morgan fingerprint density at radius 2 is 1.83 bits per heavy atom. The number of nitrogens with one attached hydrogen (secondary N) is 1. The van der Waals surface area contributed by atoms with Crippen molar-refractivity contribution in [2.24, 2.45) is 0 Å². The van der Waals surface area contributed by atoms with Gasteiger partial charge in [-0.25, -0.2) is 0 Å². The van der Waals surface area contributed by atoms with Crippen LogP contribution < -0.4 is 10.1 Å². The molecule has 0 fully saturated rings. The van der Waals surface area contributed by atoms with Crippen molar-refractivity contribution in [2.75, 3.05) is 19.0 Å². The van der Waals surface area contributed by atoms with Crippen LogP contribution in [0.15, 0.2) is 42.5 Å². The molecule has 0 bridgehead atoms. The second-order valence-corrected chi connectivity index (χ2v) is 5.92. The van der Waals surface area contributed by atoms with Crippen molar-refractivity contribution < 1.29 is 14.3 Å². The predicted molar refractivity (Wildman–Crippen MR) is 96.8 cm³/mol. The SMILES string of the molecule is CCOc1ccc(C(=O)Nc2ccc(C(C)C)cc2)cc1COC. The smallest absolute Gasteiger partial charge is 0.255 e. The van der Waals surface area contributed by atoms with Crippen LogP contribution in [0.1, 0.15) is 48.2 Å². The van der Waals surface area contributed by atoms with Gasteiger partial charge in [0.05, 0.1) is 13.2 Å². The summed E-state index contributed by atoms with van der Waals surface area (Å²) >= 11 is 0. The van der Waals surface area contributed by atoms with Crippen LogP contribution in [0.25, 0.3) is 0 Å². The minimum Gasteiger partial charge on any atom is -0.494 e. The van der Waals surface area contributed by atoms with E-state index in [0.29, 0.717) is 24.7 Å². The van der Waals surface area contributed by atoms with Crippen LogP contribution in [0.4, 0.5) is 5.69 Å². The fraction of sp³-hybridized carbons (Fsp3) is 0.350. The number of rotatable bonds is 7. The number of carbonyl (C=O) groups is 1. The molecule has 0 unspecified atom stereocenters. The molecule has 0 aliphatic carbocycles. The summed E-state index contributed by atoms with van der Waals surface area (Å²) in [5.41, 5.74) is 3.48. The number of hydrogen-bond donors (Lipinski definition) is 1. The third kappa shape index (κ3) is 4.59. The molecule has 0 spiro atoms. The molecule has 1 N–H and O–H groups in total. The second-order valence-electron chi connectivity index (χ2n) is 5.92. The third-order valence-electron chi connectivity index (χ3n) is 3.76. The van der Waals surface area contributed by atoms with Crippen LogP contribution in [0, 0.1) is 0 Å². The molecule has 0 atom stereocenters.